The van der Waals surface area contributed by atoms with Crippen LogP contribution < -0.4 is 0 Å². The normalized spacial score (nSPS) is 17.1. The lowest BCUT2D eigenvalue weighted by Crippen LogP contribution is -1.96. The standard InChI is InChI=1S/C48H30N2O/c1-3-13-31(14-4-1)34-29-45(48-39-19-9-12-22-46(39)51-47(48)30-34)50-42-21-11-7-17-36(42)38-25-23-33(28-44(38)50)32-24-26-43-40(27-32)37-18-8-10-20-41(37)49(43)35-15-5-2-6-16-35/h1-30H/i2D,5D,6D,7D,8D,10D,11D,15D,16D,17D,18D,20D,21D,23D,24D,25D,26D,27D,28D. The molecule has 11 aromatic rings. The minimum absolute atomic E-state index is 0.164. The number of rotatable bonds is 4. The van der Waals surface area contributed by atoms with Crippen LogP contribution in [-0.4, -0.2) is 9.13 Å². The van der Waals surface area contributed by atoms with Crippen LogP contribution in [0.1, 0.15) is 26.0 Å². The number of fused-ring (bicyclic) bond motifs is 9. The number of para-hydroxylation sites is 4. The Labute approximate surface area is 320 Å². The predicted molar refractivity (Wildman–Crippen MR) is 213 cm³/mol. The largest absolute Gasteiger partial charge is 0.456 e. The van der Waals surface area contributed by atoms with Crippen LogP contribution >= 0.6 is 0 Å². The van der Waals surface area contributed by atoms with Gasteiger partial charge in [0.05, 0.1) is 59.2 Å². The second-order valence-electron chi connectivity index (χ2n) is 11.9. The molecule has 0 radical (unpaired) electrons. The number of benzene rings is 8. The second-order valence-corrected chi connectivity index (χ2v) is 11.9. The fourth-order valence-electron chi connectivity index (χ4n) is 6.90. The molecule has 0 amide bonds. The van der Waals surface area contributed by atoms with Crippen molar-refractivity contribution in [2.75, 3.05) is 0 Å². The van der Waals surface area contributed by atoms with E-state index >= 15 is 0 Å². The van der Waals surface area contributed by atoms with Gasteiger partial charge in [-0.3, -0.25) is 0 Å². The van der Waals surface area contributed by atoms with Crippen molar-refractivity contribution in [2.24, 2.45) is 0 Å². The summed E-state index contributed by atoms with van der Waals surface area (Å²) in [6.45, 7) is 0. The zero-order chi connectivity index (χ0) is 50.0. The van der Waals surface area contributed by atoms with Gasteiger partial charge in [0, 0.05) is 32.6 Å². The molecule has 0 aliphatic rings. The van der Waals surface area contributed by atoms with Crippen LogP contribution in [0.25, 0.3) is 99.2 Å². The van der Waals surface area contributed by atoms with Crippen molar-refractivity contribution in [1.82, 2.24) is 9.13 Å². The highest BCUT2D eigenvalue weighted by molar-refractivity contribution is 6.16. The minimum atomic E-state index is -0.855. The summed E-state index contributed by atoms with van der Waals surface area (Å²) in [4.78, 5) is 0. The molecule has 51 heavy (non-hydrogen) atoms. The third-order valence-electron chi connectivity index (χ3n) is 9.08. The summed E-state index contributed by atoms with van der Waals surface area (Å²) >= 11 is 0. The van der Waals surface area contributed by atoms with Crippen LogP contribution in [0.2, 0.25) is 0 Å². The second kappa shape index (κ2) is 10.8. The van der Waals surface area contributed by atoms with E-state index in [0.29, 0.717) is 27.5 Å². The summed E-state index contributed by atoms with van der Waals surface area (Å²) in [6, 6.07) is 5.79. The van der Waals surface area contributed by atoms with Crippen molar-refractivity contribution in [3.05, 3.63) is 182 Å². The molecule has 3 aromatic heterocycles. The molecule has 3 heterocycles. The average Bonchev–Trinajstić information content (AvgIpc) is 4.04. The van der Waals surface area contributed by atoms with Crippen molar-refractivity contribution in [1.29, 1.82) is 0 Å². The van der Waals surface area contributed by atoms with E-state index in [9.17, 15) is 11.0 Å². The molecule has 0 fully saturated rings. The number of hydrogen-bond donors (Lipinski definition) is 0. The molecule has 0 saturated carbocycles. The first-order valence-electron chi connectivity index (χ1n) is 25.4. The Kier molecular flexibility index (Phi) is 3.26. The molecule has 0 unspecified atom stereocenters. The smallest absolute Gasteiger partial charge is 0.138 e. The number of furan rings is 1. The SMILES string of the molecule is [2H]c1c([2H])c([2H])c(-n2c3c([2H])c([2H])c([2H])c([2H])c3c3c([2H])c(-c4c([2H])c([2H])c5c6c([2H])c([2H])c([2H])c([2H])c6n(-c6cc(-c7ccccc7)cc7oc8ccccc8c67)c5c4[2H])c([2H])c([2H])c32)c([2H])c1[2H]. The first-order valence-corrected chi connectivity index (χ1v) is 15.9. The van der Waals surface area contributed by atoms with Crippen molar-refractivity contribution < 1.29 is 30.5 Å². The number of nitrogens with zero attached hydrogens (tertiary/aromatic N) is 2. The monoisotopic (exact) mass is 669 g/mol. The maximum Gasteiger partial charge on any atom is 0.138 e. The topological polar surface area (TPSA) is 23.0 Å². The molecule has 0 atom stereocenters. The molecule has 0 aliphatic heterocycles. The summed E-state index contributed by atoms with van der Waals surface area (Å²) in [5.41, 5.74) is -0.807. The Balaban J connectivity index is 1.37. The van der Waals surface area contributed by atoms with Crippen molar-refractivity contribution >= 4 is 65.6 Å². The summed E-state index contributed by atoms with van der Waals surface area (Å²) in [7, 11) is 0. The average molecular weight is 670 g/mol. The molecule has 0 N–H and O–H groups in total. The summed E-state index contributed by atoms with van der Waals surface area (Å²) in [5.74, 6) is 0. The van der Waals surface area contributed by atoms with Crippen molar-refractivity contribution in [3.63, 3.8) is 0 Å². The van der Waals surface area contributed by atoms with Gasteiger partial charge in [0.2, 0.25) is 0 Å². The summed E-state index contributed by atoms with van der Waals surface area (Å²) < 4.78 is 181. The fourth-order valence-corrected chi connectivity index (χ4v) is 6.90. The lowest BCUT2D eigenvalue weighted by Gasteiger charge is -2.13. The van der Waals surface area contributed by atoms with Crippen LogP contribution in [-0.2, 0) is 0 Å². The summed E-state index contributed by atoms with van der Waals surface area (Å²) in [6.07, 6.45) is 0. The van der Waals surface area contributed by atoms with Gasteiger partial charge in [-0.25, -0.2) is 0 Å². The van der Waals surface area contributed by atoms with Crippen molar-refractivity contribution in [2.45, 2.75) is 0 Å². The molecular formula is C48H30N2O. The lowest BCUT2D eigenvalue weighted by molar-refractivity contribution is 0.669. The Hall–Kier alpha value is -6.84. The number of aromatic nitrogens is 2. The fraction of sp³-hybridized carbons (Fsp3) is 0. The molecule has 238 valence electrons. The quantitative estimate of drug-likeness (QED) is 0.183. The first-order chi connectivity index (χ1) is 33.2. The van der Waals surface area contributed by atoms with Gasteiger partial charge < -0.3 is 13.6 Å². The van der Waals surface area contributed by atoms with Gasteiger partial charge in [0.25, 0.3) is 0 Å². The third kappa shape index (κ3) is 4.19. The Morgan fingerprint density at radius 2 is 1.06 bits per heavy atom. The van der Waals surface area contributed by atoms with Gasteiger partial charge in [-0.2, -0.15) is 0 Å². The van der Waals surface area contributed by atoms with Crippen molar-refractivity contribution in [3.8, 4) is 33.6 Å². The van der Waals surface area contributed by atoms with Gasteiger partial charge in [0.15, 0.2) is 0 Å². The summed E-state index contributed by atoms with van der Waals surface area (Å²) in [5, 5.41) is -0.263. The van der Waals surface area contributed by atoms with Crippen LogP contribution in [0.3, 0.4) is 0 Å². The molecule has 3 heteroatoms. The van der Waals surface area contributed by atoms with E-state index in [-0.39, 0.29) is 27.5 Å². The molecular weight excluding hydrogens is 621 g/mol. The molecule has 3 nitrogen and oxygen atoms in total. The maximum atomic E-state index is 10.1. The zero-order valence-electron chi connectivity index (χ0n) is 45.2. The Bertz CT molecular complexity index is 4200. The molecule has 11 rings (SSSR count). The molecule has 8 aromatic carbocycles. The van der Waals surface area contributed by atoms with Gasteiger partial charge in [0.1, 0.15) is 11.2 Å². The van der Waals surface area contributed by atoms with Crippen LogP contribution in [0, 0.1) is 0 Å². The molecule has 0 saturated heterocycles. The van der Waals surface area contributed by atoms with Gasteiger partial charge >= 0.3 is 0 Å². The highest BCUT2D eigenvalue weighted by Gasteiger charge is 2.20. The maximum absolute atomic E-state index is 10.1. The van der Waals surface area contributed by atoms with Gasteiger partial charge in [-0.05, 0) is 82.7 Å². The minimum Gasteiger partial charge on any atom is -0.456 e. The lowest BCUT2D eigenvalue weighted by atomic mass is 10.0. The van der Waals surface area contributed by atoms with E-state index in [2.05, 4.69) is 0 Å². The Morgan fingerprint density at radius 1 is 0.412 bits per heavy atom. The van der Waals surface area contributed by atoms with Crippen LogP contribution in [0.4, 0.5) is 0 Å². The van der Waals surface area contributed by atoms with E-state index in [1.807, 2.05) is 36.4 Å². The highest BCUT2D eigenvalue weighted by Crippen LogP contribution is 2.42. The predicted octanol–water partition coefficient (Wildman–Crippen LogP) is 13.1. The number of hydrogen-bond acceptors (Lipinski definition) is 1. The van der Waals surface area contributed by atoms with E-state index in [1.165, 1.54) is 4.57 Å². The van der Waals surface area contributed by atoms with Gasteiger partial charge in [-0.1, -0.05) is 121 Å². The van der Waals surface area contributed by atoms with E-state index in [1.54, 1.807) is 30.3 Å². The molecule has 0 aliphatic carbocycles. The molecule has 0 bridgehead atoms. The van der Waals surface area contributed by atoms with Crippen LogP contribution in [0.5, 0.6) is 0 Å². The van der Waals surface area contributed by atoms with E-state index in [4.69, 9.17) is 19.5 Å². The zero-order valence-corrected chi connectivity index (χ0v) is 26.2. The third-order valence-corrected chi connectivity index (χ3v) is 9.08. The first kappa shape index (κ1) is 15.4. The van der Waals surface area contributed by atoms with E-state index < -0.39 is 153 Å². The van der Waals surface area contributed by atoms with Crippen LogP contribution in [0.15, 0.2) is 186 Å². The highest BCUT2D eigenvalue weighted by atomic mass is 16.3. The van der Waals surface area contributed by atoms with Gasteiger partial charge in [-0.15, -0.1) is 0 Å². The Morgan fingerprint density at radius 3 is 1.90 bits per heavy atom. The van der Waals surface area contributed by atoms with E-state index in [0.717, 1.165) is 10.1 Å². The molecule has 0 spiro atoms.